The lowest BCUT2D eigenvalue weighted by atomic mass is 10.1. The normalized spacial score (nSPS) is 13.5. The summed E-state index contributed by atoms with van der Waals surface area (Å²) < 4.78 is 0. The fourth-order valence-electron chi connectivity index (χ4n) is 2.25. The van der Waals surface area contributed by atoms with E-state index in [2.05, 4.69) is 43.4 Å². The van der Waals surface area contributed by atoms with E-state index >= 15 is 0 Å². The fourth-order valence-corrected chi connectivity index (χ4v) is 2.25. The van der Waals surface area contributed by atoms with Crippen molar-refractivity contribution in [1.29, 1.82) is 0 Å². The monoisotopic (exact) mass is 361 g/mol. The number of carbonyl (C=O) groups excluding carboxylic acids is 2. The summed E-state index contributed by atoms with van der Waals surface area (Å²) in [6, 6.07) is 0. The van der Waals surface area contributed by atoms with Crippen LogP contribution in [0.25, 0.3) is 0 Å². The highest BCUT2D eigenvalue weighted by atomic mass is 16.3. The molecule has 4 heteroatoms. The van der Waals surface area contributed by atoms with E-state index in [1.165, 1.54) is 25.7 Å². The average molecular weight is 362 g/mol. The van der Waals surface area contributed by atoms with Gasteiger partial charge in [-0.3, -0.25) is 9.59 Å². The maximum Gasteiger partial charge on any atom is 0.254 e. The molecule has 3 N–H and O–H groups in total. The Hall–Kier alpha value is -1.94. The van der Waals surface area contributed by atoms with Crippen LogP contribution in [0.1, 0.15) is 71.1 Å². The number of unbranched alkanes of at least 4 members (excludes halogenated alkanes) is 4. The van der Waals surface area contributed by atoms with Gasteiger partial charge in [-0.2, -0.15) is 0 Å². The second-order valence-corrected chi connectivity index (χ2v) is 6.25. The molecule has 0 saturated heterocycles. The highest BCUT2D eigenvalue weighted by molar-refractivity contribution is 6.03. The van der Waals surface area contributed by atoms with Crippen molar-refractivity contribution in [2.75, 3.05) is 0 Å². The Kier molecular flexibility index (Phi) is 16.5. The molecule has 0 aromatic carbocycles. The standard InChI is InChI=1S/C22H35NO3/c1-2-3-4-5-6-7-8-9-10-11-12-13-14-15-16-17-18-19-20(24)21(25)22(23)26/h6-7,9-10,12-13,15-16,21,25H,2-5,8,11,14,17-19H2,1H3,(H2,23,26)/b7-6-,10-9-,13-12-,16-15-. The van der Waals surface area contributed by atoms with Gasteiger partial charge in [0.2, 0.25) is 0 Å². The van der Waals surface area contributed by atoms with Crippen LogP contribution < -0.4 is 5.73 Å². The zero-order valence-corrected chi connectivity index (χ0v) is 16.1. The molecule has 26 heavy (non-hydrogen) atoms. The molecule has 0 aliphatic heterocycles. The topological polar surface area (TPSA) is 80.4 Å². The summed E-state index contributed by atoms with van der Waals surface area (Å²) in [4.78, 5) is 22.0. The molecule has 0 heterocycles. The molecule has 0 bridgehead atoms. The van der Waals surface area contributed by atoms with Gasteiger partial charge >= 0.3 is 0 Å². The summed E-state index contributed by atoms with van der Waals surface area (Å²) in [5.41, 5.74) is 4.86. The lowest BCUT2D eigenvalue weighted by Gasteiger charge is -2.03. The number of ketones is 1. The van der Waals surface area contributed by atoms with Gasteiger partial charge in [-0.25, -0.2) is 0 Å². The van der Waals surface area contributed by atoms with Gasteiger partial charge in [0.05, 0.1) is 0 Å². The minimum atomic E-state index is -1.66. The number of aliphatic hydroxyl groups excluding tert-OH is 1. The van der Waals surface area contributed by atoms with Crippen LogP contribution in [0.3, 0.4) is 0 Å². The van der Waals surface area contributed by atoms with Crippen molar-refractivity contribution in [3.05, 3.63) is 48.6 Å². The first-order chi connectivity index (χ1) is 12.6. The van der Waals surface area contributed by atoms with Gasteiger partial charge in [0.1, 0.15) is 0 Å². The molecule has 0 fully saturated rings. The Morgan fingerprint density at radius 2 is 1.27 bits per heavy atom. The molecule has 146 valence electrons. The number of hydrogen-bond donors (Lipinski definition) is 2. The second kappa shape index (κ2) is 17.9. The second-order valence-electron chi connectivity index (χ2n) is 6.25. The van der Waals surface area contributed by atoms with Crippen LogP contribution in [0.4, 0.5) is 0 Å². The van der Waals surface area contributed by atoms with Crippen molar-refractivity contribution in [2.45, 2.75) is 77.2 Å². The van der Waals surface area contributed by atoms with Gasteiger partial charge in [-0.05, 0) is 44.9 Å². The summed E-state index contributed by atoms with van der Waals surface area (Å²) in [5.74, 6) is -1.49. The summed E-state index contributed by atoms with van der Waals surface area (Å²) in [5, 5.41) is 9.17. The zero-order valence-electron chi connectivity index (χ0n) is 16.1. The summed E-state index contributed by atoms with van der Waals surface area (Å²) in [6.07, 6.45) is 24.9. The van der Waals surface area contributed by atoms with Crippen LogP contribution in [-0.4, -0.2) is 22.9 Å². The predicted octanol–water partition coefficient (Wildman–Crippen LogP) is 4.55. The van der Waals surface area contributed by atoms with Crippen LogP contribution >= 0.6 is 0 Å². The number of aliphatic hydroxyl groups is 1. The van der Waals surface area contributed by atoms with Crippen LogP contribution in [-0.2, 0) is 9.59 Å². The smallest absolute Gasteiger partial charge is 0.254 e. The predicted molar refractivity (Wildman–Crippen MR) is 109 cm³/mol. The third-order valence-corrected chi connectivity index (χ3v) is 3.83. The molecule has 0 spiro atoms. The lowest BCUT2D eigenvalue weighted by molar-refractivity contribution is -0.137. The van der Waals surface area contributed by atoms with Gasteiger partial charge in [0, 0.05) is 6.42 Å². The van der Waals surface area contributed by atoms with Gasteiger partial charge in [-0.1, -0.05) is 68.4 Å². The molecule has 0 aliphatic carbocycles. The van der Waals surface area contributed by atoms with E-state index in [-0.39, 0.29) is 6.42 Å². The Morgan fingerprint density at radius 3 is 1.73 bits per heavy atom. The van der Waals surface area contributed by atoms with Crippen LogP contribution in [0, 0.1) is 0 Å². The van der Waals surface area contributed by atoms with Crippen LogP contribution in [0.5, 0.6) is 0 Å². The van der Waals surface area contributed by atoms with E-state index in [1.54, 1.807) is 0 Å². The molecule has 0 aliphatic rings. The number of nitrogens with two attached hydrogens (primary N) is 1. The van der Waals surface area contributed by atoms with Crippen molar-refractivity contribution in [3.8, 4) is 0 Å². The van der Waals surface area contributed by atoms with Gasteiger partial charge in [-0.15, -0.1) is 0 Å². The molecule has 0 aromatic heterocycles. The highest BCUT2D eigenvalue weighted by Crippen LogP contribution is 2.03. The minimum Gasteiger partial charge on any atom is -0.376 e. The van der Waals surface area contributed by atoms with E-state index in [9.17, 15) is 9.59 Å². The summed E-state index contributed by atoms with van der Waals surface area (Å²) in [6.45, 7) is 2.22. The SMILES string of the molecule is CCCCC/C=C\C/C=C\C/C=C\C/C=C\CCCC(=O)C(O)C(N)=O. The Labute approximate surface area is 158 Å². The number of amides is 1. The number of rotatable bonds is 16. The Bertz CT molecular complexity index is 490. The largest absolute Gasteiger partial charge is 0.376 e. The van der Waals surface area contributed by atoms with Crippen molar-refractivity contribution in [3.63, 3.8) is 0 Å². The number of hydrogen-bond acceptors (Lipinski definition) is 3. The zero-order chi connectivity index (χ0) is 19.5. The highest BCUT2D eigenvalue weighted by Gasteiger charge is 2.19. The first-order valence-electron chi connectivity index (χ1n) is 9.69. The third kappa shape index (κ3) is 15.6. The van der Waals surface area contributed by atoms with Crippen molar-refractivity contribution >= 4 is 11.7 Å². The minimum absolute atomic E-state index is 0.169. The maximum atomic E-state index is 11.3. The number of Topliss-reactive ketones (excluding diaryl/α,β-unsaturated/α-hetero) is 1. The van der Waals surface area contributed by atoms with Crippen molar-refractivity contribution in [1.82, 2.24) is 0 Å². The Morgan fingerprint density at radius 1 is 0.808 bits per heavy atom. The molecule has 0 rings (SSSR count). The third-order valence-electron chi connectivity index (χ3n) is 3.83. The first-order valence-corrected chi connectivity index (χ1v) is 9.69. The quantitative estimate of drug-likeness (QED) is 0.240. The lowest BCUT2D eigenvalue weighted by Crippen LogP contribution is -2.35. The molecule has 4 nitrogen and oxygen atoms in total. The summed E-state index contributed by atoms with van der Waals surface area (Å²) >= 11 is 0. The summed E-state index contributed by atoms with van der Waals surface area (Å²) in [7, 11) is 0. The van der Waals surface area contributed by atoms with E-state index in [0.29, 0.717) is 6.42 Å². The molecule has 0 aromatic rings. The van der Waals surface area contributed by atoms with E-state index in [1.807, 2.05) is 12.2 Å². The fraction of sp³-hybridized carbons (Fsp3) is 0.545. The van der Waals surface area contributed by atoms with Crippen molar-refractivity contribution < 1.29 is 14.7 Å². The number of primary amides is 1. The molecule has 0 saturated carbocycles. The maximum absolute atomic E-state index is 11.3. The first kappa shape index (κ1) is 24.1. The molecule has 1 amide bonds. The molecular weight excluding hydrogens is 326 g/mol. The van der Waals surface area contributed by atoms with E-state index in [0.717, 1.165) is 25.7 Å². The van der Waals surface area contributed by atoms with E-state index < -0.39 is 17.8 Å². The number of carbonyl (C=O) groups is 2. The van der Waals surface area contributed by atoms with E-state index in [4.69, 9.17) is 10.8 Å². The average Bonchev–Trinajstić information content (AvgIpc) is 2.63. The Balaban J connectivity index is 3.57. The van der Waals surface area contributed by atoms with Crippen LogP contribution in [0.2, 0.25) is 0 Å². The van der Waals surface area contributed by atoms with Crippen LogP contribution in [0.15, 0.2) is 48.6 Å². The van der Waals surface area contributed by atoms with Gasteiger partial charge in [0.25, 0.3) is 5.91 Å². The molecule has 1 unspecified atom stereocenters. The van der Waals surface area contributed by atoms with Gasteiger partial charge in [0.15, 0.2) is 11.9 Å². The molecule has 0 radical (unpaired) electrons. The van der Waals surface area contributed by atoms with Crippen molar-refractivity contribution in [2.24, 2.45) is 5.73 Å². The molecular formula is C22H35NO3. The molecule has 1 atom stereocenters. The number of allylic oxidation sites excluding steroid dienone is 8. The van der Waals surface area contributed by atoms with Gasteiger partial charge < -0.3 is 10.8 Å².